The fourth-order valence-electron chi connectivity index (χ4n) is 2.17. The molecule has 6 heteroatoms. The lowest BCUT2D eigenvalue weighted by atomic mass is 9.97. The van der Waals surface area contributed by atoms with Gasteiger partial charge in [0.25, 0.3) is 0 Å². The zero-order valence-electron chi connectivity index (χ0n) is 9.70. The Bertz CT molecular complexity index is 609. The van der Waals surface area contributed by atoms with Crippen LogP contribution in [0.15, 0.2) is 37.0 Å². The van der Waals surface area contributed by atoms with Crippen molar-refractivity contribution < 1.29 is 4.74 Å². The number of rotatable bonds is 1. The number of benzene rings is 1. The van der Waals surface area contributed by atoms with Gasteiger partial charge in [-0.2, -0.15) is 0 Å². The number of hydrogen-bond donors (Lipinski definition) is 1. The Labute approximate surface area is 140 Å². The zero-order valence-corrected chi connectivity index (χ0v) is 15.3. The van der Waals surface area contributed by atoms with Crippen molar-refractivity contribution in [2.45, 2.75) is 18.6 Å². The Kier molecular flexibility index (Phi) is 4.06. The maximum atomic E-state index is 6.27. The number of ether oxygens (including phenoxy) is 1. The van der Waals surface area contributed by atoms with Crippen LogP contribution >= 0.6 is 59.1 Å². The first kappa shape index (κ1) is 14.1. The third-order valence-corrected chi connectivity index (χ3v) is 6.93. The van der Waals surface area contributed by atoms with E-state index in [1.54, 1.807) is 11.3 Å². The summed E-state index contributed by atoms with van der Waals surface area (Å²) in [5.74, 6) is 0.882. The predicted octanol–water partition coefficient (Wildman–Crippen LogP) is 5.56. The highest BCUT2D eigenvalue weighted by Gasteiger charge is 2.28. The van der Waals surface area contributed by atoms with Gasteiger partial charge in [-0.25, -0.2) is 0 Å². The Hall–Kier alpha value is 0.120. The minimum Gasteiger partial charge on any atom is -0.484 e. The molecule has 0 aliphatic carbocycles. The lowest BCUT2D eigenvalue weighted by molar-refractivity contribution is 0.165. The van der Waals surface area contributed by atoms with E-state index in [4.69, 9.17) is 10.5 Å². The summed E-state index contributed by atoms with van der Waals surface area (Å²) in [5, 5.41) is 0. The topological polar surface area (TPSA) is 35.2 Å². The molecule has 3 rings (SSSR count). The SMILES string of the molecule is NC1CC(c2cc(Br)c(Br)s2)Oc2ccc(Br)cc21. The summed E-state index contributed by atoms with van der Waals surface area (Å²) in [7, 11) is 0. The second-order valence-corrected chi connectivity index (χ2v) is 8.57. The van der Waals surface area contributed by atoms with Crippen LogP contribution in [0.4, 0.5) is 0 Å². The van der Waals surface area contributed by atoms with Gasteiger partial charge in [-0.3, -0.25) is 0 Å². The van der Waals surface area contributed by atoms with Crippen molar-refractivity contribution in [3.05, 3.63) is 47.4 Å². The minimum absolute atomic E-state index is 0.00546. The average Bonchev–Trinajstić information content (AvgIpc) is 2.70. The molecule has 1 aliphatic heterocycles. The average molecular weight is 468 g/mol. The van der Waals surface area contributed by atoms with Crippen molar-refractivity contribution in [3.63, 3.8) is 0 Å². The van der Waals surface area contributed by atoms with Crippen molar-refractivity contribution in [2.75, 3.05) is 0 Å². The van der Waals surface area contributed by atoms with Crippen molar-refractivity contribution in [3.8, 4) is 5.75 Å². The Balaban J connectivity index is 1.94. The van der Waals surface area contributed by atoms with Crippen molar-refractivity contribution in [2.24, 2.45) is 5.73 Å². The summed E-state index contributed by atoms with van der Waals surface area (Å²) in [6, 6.07) is 8.09. The summed E-state index contributed by atoms with van der Waals surface area (Å²) in [6.45, 7) is 0. The standard InChI is InChI=1S/C13H10Br3NOS/c14-6-1-2-10-7(3-6)9(17)5-11(18-10)12-4-8(15)13(16)19-12/h1-4,9,11H,5,17H2. The van der Waals surface area contributed by atoms with Crippen LogP contribution in [0.2, 0.25) is 0 Å². The summed E-state index contributed by atoms with van der Waals surface area (Å²) in [4.78, 5) is 1.18. The van der Waals surface area contributed by atoms with Gasteiger partial charge >= 0.3 is 0 Å². The molecule has 2 atom stereocenters. The van der Waals surface area contributed by atoms with Crippen molar-refractivity contribution >= 4 is 59.1 Å². The number of fused-ring (bicyclic) bond motifs is 1. The van der Waals surface area contributed by atoms with Gasteiger partial charge in [-0.1, -0.05) is 15.9 Å². The molecule has 2 unspecified atom stereocenters. The van der Waals surface area contributed by atoms with E-state index in [1.807, 2.05) is 18.2 Å². The molecule has 0 fully saturated rings. The van der Waals surface area contributed by atoms with Crippen LogP contribution in [-0.4, -0.2) is 0 Å². The summed E-state index contributed by atoms with van der Waals surface area (Å²) in [6.07, 6.45) is 0.819. The molecule has 2 heterocycles. The summed E-state index contributed by atoms with van der Waals surface area (Å²) in [5.41, 5.74) is 7.34. The molecule has 1 aromatic carbocycles. The third-order valence-electron chi connectivity index (χ3n) is 3.09. The predicted molar refractivity (Wildman–Crippen MR) is 88.8 cm³/mol. The molecule has 2 aromatic rings. The van der Waals surface area contributed by atoms with E-state index in [0.29, 0.717) is 0 Å². The van der Waals surface area contributed by atoms with Crippen LogP contribution in [0.25, 0.3) is 0 Å². The van der Waals surface area contributed by atoms with Crippen LogP contribution in [0.1, 0.15) is 29.0 Å². The fraction of sp³-hybridized carbons (Fsp3) is 0.231. The minimum atomic E-state index is 0.00546. The molecule has 100 valence electrons. The molecular weight excluding hydrogens is 458 g/mol. The van der Waals surface area contributed by atoms with Crippen LogP contribution < -0.4 is 10.5 Å². The molecule has 2 N–H and O–H groups in total. The van der Waals surface area contributed by atoms with E-state index in [9.17, 15) is 0 Å². The van der Waals surface area contributed by atoms with E-state index < -0.39 is 0 Å². The van der Waals surface area contributed by atoms with Crippen LogP contribution in [0.3, 0.4) is 0 Å². The van der Waals surface area contributed by atoms with Gasteiger partial charge in [0.1, 0.15) is 11.9 Å². The Morgan fingerprint density at radius 2 is 2.00 bits per heavy atom. The first-order chi connectivity index (χ1) is 9.04. The van der Waals surface area contributed by atoms with Gasteiger partial charge in [0.05, 0.1) is 3.79 Å². The molecule has 0 saturated heterocycles. The van der Waals surface area contributed by atoms with E-state index in [-0.39, 0.29) is 12.1 Å². The second-order valence-electron chi connectivity index (χ2n) is 4.40. The molecule has 0 spiro atoms. The molecule has 0 radical (unpaired) electrons. The lowest BCUT2D eigenvalue weighted by Crippen LogP contribution is -2.23. The smallest absolute Gasteiger partial charge is 0.135 e. The van der Waals surface area contributed by atoms with Gasteiger partial charge in [-0.05, 0) is 56.1 Å². The van der Waals surface area contributed by atoms with Gasteiger partial charge in [0, 0.05) is 31.8 Å². The van der Waals surface area contributed by atoms with E-state index >= 15 is 0 Å². The number of nitrogens with two attached hydrogens (primary N) is 1. The summed E-state index contributed by atoms with van der Waals surface area (Å²) < 4.78 is 9.26. The first-order valence-electron chi connectivity index (χ1n) is 5.71. The largest absolute Gasteiger partial charge is 0.484 e. The van der Waals surface area contributed by atoms with E-state index in [2.05, 4.69) is 53.9 Å². The van der Waals surface area contributed by atoms with Crippen LogP contribution in [0.5, 0.6) is 5.75 Å². The monoisotopic (exact) mass is 465 g/mol. The van der Waals surface area contributed by atoms with E-state index in [0.717, 1.165) is 30.5 Å². The van der Waals surface area contributed by atoms with Gasteiger partial charge < -0.3 is 10.5 Å². The zero-order chi connectivity index (χ0) is 13.6. The summed E-state index contributed by atoms with van der Waals surface area (Å²) >= 11 is 12.2. The number of thiophene rings is 1. The lowest BCUT2D eigenvalue weighted by Gasteiger charge is -2.29. The number of halogens is 3. The highest BCUT2D eigenvalue weighted by Crippen LogP contribution is 2.44. The third kappa shape index (κ3) is 2.78. The molecule has 0 bridgehead atoms. The second kappa shape index (κ2) is 5.48. The van der Waals surface area contributed by atoms with Crippen LogP contribution in [0, 0.1) is 0 Å². The fourth-order valence-corrected chi connectivity index (χ4v) is 4.68. The molecular formula is C13H10Br3NOS. The first-order valence-corrected chi connectivity index (χ1v) is 8.90. The molecule has 0 saturated carbocycles. The molecule has 2 nitrogen and oxygen atoms in total. The highest BCUT2D eigenvalue weighted by atomic mass is 79.9. The van der Waals surface area contributed by atoms with Crippen molar-refractivity contribution in [1.82, 2.24) is 0 Å². The van der Waals surface area contributed by atoms with Gasteiger partial charge in [0.15, 0.2) is 0 Å². The quantitative estimate of drug-likeness (QED) is 0.596. The van der Waals surface area contributed by atoms with Crippen molar-refractivity contribution in [1.29, 1.82) is 0 Å². The van der Waals surface area contributed by atoms with Gasteiger partial charge in [0.2, 0.25) is 0 Å². The molecule has 1 aliphatic rings. The maximum Gasteiger partial charge on any atom is 0.135 e. The van der Waals surface area contributed by atoms with Gasteiger partial charge in [-0.15, -0.1) is 11.3 Å². The van der Waals surface area contributed by atoms with E-state index in [1.165, 1.54) is 4.88 Å². The molecule has 0 amide bonds. The Morgan fingerprint density at radius 3 is 2.68 bits per heavy atom. The molecule has 19 heavy (non-hydrogen) atoms. The van der Waals surface area contributed by atoms with Crippen LogP contribution in [-0.2, 0) is 0 Å². The number of hydrogen-bond acceptors (Lipinski definition) is 3. The Morgan fingerprint density at radius 1 is 1.21 bits per heavy atom. The molecule has 1 aromatic heterocycles. The maximum absolute atomic E-state index is 6.27. The highest BCUT2D eigenvalue weighted by molar-refractivity contribution is 9.13. The normalized spacial score (nSPS) is 21.9.